The number of allylic oxidation sites excluding steroid dienone is 1. The van der Waals surface area contributed by atoms with Crippen LogP contribution in [0, 0.1) is 12.8 Å². The molecule has 222 valence electrons. The van der Waals surface area contributed by atoms with Crippen molar-refractivity contribution in [1.29, 1.82) is 0 Å². The Morgan fingerprint density at radius 3 is 2.45 bits per heavy atom. The molecule has 5 rings (SSSR count). The quantitative estimate of drug-likeness (QED) is 0.222. The van der Waals surface area contributed by atoms with Gasteiger partial charge in [-0.05, 0) is 84.6 Å². The van der Waals surface area contributed by atoms with E-state index < -0.39 is 17.7 Å². The van der Waals surface area contributed by atoms with Gasteiger partial charge >= 0.3 is 12.1 Å². The van der Waals surface area contributed by atoms with Crippen LogP contribution in [0.2, 0.25) is 0 Å². The van der Waals surface area contributed by atoms with Crippen molar-refractivity contribution in [3.8, 4) is 17.3 Å². The molecule has 1 aliphatic carbocycles. The van der Waals surface area contributed by atoms with E-state index in [4.69, 9.17) is 24.2 Å². The third kappa shape index (κ3) is 5.45. The number of carbonyl (C=O) groups excluding carboxylic acids is 2. The zero-order valence-corrected chi connectivity index (χ0v) is 25.6. The van der Waals surface area contributed by atoms with E-state index >= 15 is 0 Å². The zero-order valence-electron chi connectivity index (χ0n) is 25.6. The summed E-state index contributed by atoms with van der Waals surface area (Å²) in [6.07, 6.45) is 3.83. The van der Waals surface area contributed by atoms with Crippen LogP contribution in [0.5, 0.6) is 5.88 Å². The molecule has 0 radical (unpaired) electrons. The summed E-state index contributed by atoms with van der Waals surface area (Å²) in [5, 5.41) is 0.976. The molecule has 4 heterocycles. The summed E-state index contributed by atoms with van der Waals surface area (Å²) in [7, 11) is 2.92. The van der Waals surface area contributed by atoms with Crippen molar-refractivity contribution >= 4 is 34.4 Å². The lowest BCUT2D eigenvalue weighted by molar-refractivity contribution is 0.0360. The molecule has 0 unspecified atom stereocenters. The second-order valence-corrected chi connectivity index (χ2v) is 11.6. The number of hydrogen-bond donors (Lipinski definition) is 0. The number of pyridine rings is 2. The van der Waals surface area contributed by atoms with Crippen LogP contribution in [0.3, 0.4) is 0 Å². The van der Waals surface area contributed by atoms with Crippen molar-refractivity contribution in [2.75, 3.05) is 20.8 Å². The predicted octanol–water partition coefficient (Wildman–Crippen LogP) is 6.48. The first-order valence-electron chi connectivity index (χ1n) is 14.3. The van der Waals surface area contributed by atoms with Crippen LogP contribution in [-0.2, 0) is 16.0 Å². The number of nitrogens with zero attached hydrogens (tertiary/aromatic N) is 5. The number of methoxy groups -OCH3 is 2. The highest BCUT2D eigenvalue weighted by molar-refractivity contribution is 5.92. The first kappa shape index (κ1) is 29.2. The fraction of sp³-hybridized carbons (Fsp3) is 0.438. The number of hydrogen-bond acceptors (Lipinski definition) is 7. The predicted molar refractivity (Wildman–Crippen MR) is 162 cm³/mol. The molecule has 0 N–H and O–H groups in total. The molecule has 4 aromatic rings. The molecule has 0 aliphatic heterocycles. The lowest BCUT2D eigenvalue weighted by Gasteiger charge is -2.28. The Balaban J connectivity index is 1.65. The van der Waals surface area contributed by atoms with Crippen LogP contribution in [0.25, 0.3) is 33.8 Å². The summed E-state index contributed by atoms with van der Waals surface area (Å²) in [6, 6.07) is 9.46. The number of aromatic nitrogens is 4. The standard InChI is InChI=1S/C32H39N5O5/c1-9-24(35(10-2)31(39)42-32(4,5)6)23-14-13-21-15-25(36(29(21)33-23)18-20-11-12-20)28-19(3)37-26(34-28)16-22(30(38)41-8)17-27(37)40-7/h9,13-17,20H,10-12,18H2,1-8H3/b24-9-. The molecule has 1 aliphatic rings. The molecule has 0 atom stereocenters. The summed E-state index contributed by atoms with van der Waals surface area (Å²) in [5.74, 6) is 0.608. The van der Waals surface area contributed by atoms with Gasteiger partial charge in [0.2, 0.25) is 0 Å². The Morgan fingerprint density at radius 2 is 1.86 bits per heavy atom. The minimum atomic E-state index is -0.610. The van der Waals surface area contributed by atoms with Crippen molar-refractivity contribution in [2.45, 2.75) is 66.5 Å². The van der Waals surface area contributed by atoms with Gasteiger partial charge in [-0.3, -0.25) is 9.30 Å². The van der Waals surface area contributed by atoms with E-state index in [1.165, 1.54) is 20.0 Å². The number of imidazole rings is 1. The molecular weight excluding hydrogens is 534 g/mol. The average molecular weight is 574 g/mol. The van der Waals surface area contributed by atoms with Crippen molar-refractivity contribution in [3.05, 3.63) is 53.4 Å². The lowest BCUT2D eigenvalue weighted by atomic mass is 10.2. The van der Waals surface area contributed by atoms with E-state index in [9.17, 15) is 9.59 Å². The maximum atomic E-state index is 13.1. The highest BCUT2D eigenvalue weighted by Crippen LogP contribution is 2.37. The molecular formula is C32H39N5O5. The van der Waals surface area contributed by atoms with Crippen LogP contribution in [0.4, 0.5) is 4.79 Å². The minimum Gasteiger partial charge on any atom is -0.482 e. The Kier molecular flexibility index (Phi) is 7.74. The van der Waals surface area contributed by atoms with E-state index in [-0.39, 0.29) is 0 Å². The zero-order chi connectivity index (χ0) is 30.3. The largest absolute Gasteiger partial charge is 0.482 e. The van der Waals surface area contributed by atoms with Crippen molar-refractivity contribution in [3.63, 3.8) is 0 Å². The summed E-state index contributed by atoms with van der Waals surface area (Å²) in [6.45, 7) is 12.6. The Morgan fingerprint density at radius 1 is 1.12 bits per heavy atom. The van der Waals surface area contributed by atoms with Crippen molar-refractivity contribution < 1.29 is 23.8 Å². The molecule has 0 aromatic carbocycles. The number of fused-ring (bicyclic) bond motifs is 2. The molecule has 42 heavy (non-hydrogen) atoms. The Hall–Kier alpha value is -4.34. The van der Waals surface area contributed by atoms with Crippen LogP contribution in [0.15, 0.2) is 36.4 Å². The summed E-state index contributed by atoms with van der Waals surface area (Å²) in [5.41, 5.74) is 5.16. The fourth-order valence-corrected chi connectivity index (χ4v) is 5.27. The van der Waals surface area contributed by atoms with E-state index in [0.717, 1.165) is 34.7 Å². The molecule has 10 nitrogen and oxygen atoms in total. The highest BCUT2D eigenvalue weighted by Gasteiger charge is 2.28. The summed E-state index contributed by atoms with van der Waals surface area (Å²) < 4.78 is 20.4. The van der Waals surface area contributed by atoms with Gasteiger partial charge < -0.3 is 18.8 Å². The Bertz CT molecular complexity index is 1700. The van der Waals surface area contributed by atoms with E-state index in [1.54, 1.807) is 24.1 Å². The number of carbonyl (C=O) groups is 2. The maximum Gasteiger partial charge on any atom is 0.414 e. The highest BCUT2D eigenvalue weighted by atomic mass is 16.6. The second kappa shape index (κ2) is 11.2. The number of rotatable bonds is 8. The fourth-order valence-electron chi connectivity index (χ4n) is 5.27. The molecule has 0 bridgehead atoms. The molecule has 10 heteroatoms. The van der Waals surface area contributed by atoms with Crippen molar-refractivity contribution in [2.24, 2.45) is 5.92 Å². The monoisotopic (exact) mass is 573 g/mol. The number of ether oxygens (including phenoxy) is 3. The topological polar surface area (TPSA) is 100 Å². The number of aryl methyl sites for hydroxylation is 1. The molecule has 4 aromatic heterocycles. The van der Waals surface area contributed by atoms with E-state index in [2.05, 4.69) is 10.6 Å². The number of amides is 1. The van der Waals surface area contributed by atoms with E-state index in [0.29, 0.717) is 40.9 Å². The van der Waals surface area contributed by atoms with Gasteiger partial charge in [-0.1, -0.05) is 6.08 Å². The number of esters is 1. The van der Waals surface area contributed by atoms with Gasteiger partial charge in [0.15, 0.2) is 5.88 Å². The van der Waals surface area contributed by atoms with Gasteiger partial charge in [0.05, 0.1) is 42.6 Å². The minimum absolute atomic E-state index is 0.368. The average Bonchev–Trinajstić information content (AvgIpc) is 3.63. The maximum absolute atomic E-state index is 13.1. The van der Waals surface area contributed by atoms with Crippen molar-refractivity contribution in [1.82, 2.24) is 23.8 Å². The van der Waals surface area contributed by atoms with Gasteiger partial charge in [0.1, 0.15) is 22.6 Å². The van der Waals surface area contributed by atoms with E-state index in [1.807, 2.05) is 64.2 Å². The molecule has 1 amide bonds. The van der Waals surface area contributed by atoms with Crippen LogP contribution < -0.4 is 4.74 Å². The van der Waals surface area contributed by atoms with Gasteiger partial charge in [0, 0.05) is 24.5 Å². The third-order valence-electron chi connectivity index (χ3n) is 7.43. The van der Waals surface area contributed by atoms with Crippen LogP contribution in [-0.4, -0.2) is 62.3 Å². The Labute approximate surface area is 245 Å². The summed E-state index contributed by atoms with van der Waals surface area (Å²) in [4.78, 5) is 37.1. The van der Waals surface area contributed by atoms with Gasteiger partial charge in [-0.25, -0.2) is 19.6 Å². The van der Waals surface area contributed by atoms with Gasteiger partial charge in [-0.15, -0.1) is 0 Å². The smallest absolute Gasteiger partial charge is 0.414 e. The van der Waals surface area contributed by atoms with Crippen LogP contribution in [0.1, 0.15) is 69.2 Å². The lowest BCUT2D eigenvalue weighted by Crippen LogP contribution is -2.35. The summed E-state index contributed by atoms with van der Waals surface area (Å²) >= 11 is 0. The first-order chi connectivity index (χ1) is 20.0. The molecule has 0 saturated heterocycles. The molecule has 1 fully saturated rings. The molecule has 1 saturated carbocycles. The third-order valence-corrected chi connectivity index (χ3v) is 7.43. The SMILES string of the molecule is C/C=C(/c1ccc2cc(-c3nc4cc(C(=O)OC)cc(OC)n4c3C)n(CC3CC3)c2n1)N(CC)C(=O)OC(C)(C)C. The van der Waals surface area contributed by atoms with Gasteiger partial charge in [0.25, 0.3) is 0 Å². The van der Waals surface area contributed by atoms with Gasteiger partial charge in [-0.2, -0.15) is 0 Å². The first-order valence-corrected chi connectivity index (χ1v) is 14.3. The van der Waals surface area contributed by atoms with Crippen LogP contribution >= 0.6 is 0 Å². The normalized spacial score (nSPS) is 14.0. The molecule has 0 spiro atoms. The second-order valence-electron chi connectivity index (χ2n) is 11.6.